The number of oxazole rings is 1. The van der Waals surface area contributed by atoms with Gasteiger partial charge in [-0.2, -0.15) is 0 Å². The van der Waals surface area contributed by atoms with Crippen molar-refractivity contribution in [3.05, 3.63) is 46.6 Å². The number of hydrogen-bond acceptors (Lipinski definition) is 5. The molecule has 1 amide bonds. The van der Waals surface area contributed by atoms with E-state index in [4.69, 9.17) is 4.42 Å². The molecule has 2 heterocycles. The number of piperazine rings is 1. The minimum atomic E-state index is -0.519. The molecule has 0 aliphatic carbocycles. The van der Waals surface area contributed by atoms with E-state index in [0.29, 0.717) is 12.3 Å². The standard InChI is InChI=1S/C19H26N4O3/c1-15-3-5-16(6-4-15)17-13-23(19(25)26-17)14-18(24)20-7-8-22-11-9-21(2)10-12-22/h3-6,13H,7-12,14H2,1-2H3,(H,20,24). The molecule has 1 saturated heterocycles. The highest BCUT2D eigenvalue weighted by molar-refractivity contribution is 5.75. The predicted molar refractivity (Wildman–Crippen MR) is 100 cm³/mol. The number of nitrogens with one attached hydrogen (secondary N) is 1. The van der Waals surface area contributed by atoms with E-state index in [0.717, 1.165) is 43.9 Å². The highest BCUT2D eigenvalue weighted by Gasteiger charge is 2.14. The van der Waals surface area contributed by atoms with Crippen LogP contribution >= 0.6 is 0 Å². The summed E-state index contributed by atoms with van der Waals surface area (Å²) in [7, 11) is 2.12. The fourth-order valence-electron chi connectivity index (χ4n) is 2.97. The van der Waals surface area contributed by atoms with Crippen LogP contribution in [-0.4, -0.2) is 66.6 Å². The van der Waals surface area contributed by atoms with Crippen molar-refractivity contribution in [2.24, 2.45) is 0 Å². The van der Waals surface area contributed by atoms with Crippen LogP contribution in [0.25, 0.3) is 11.3 Å². The molecule has 3 rings (SSSR count). The smallest absolute Gasteiger partial charge is 0.408 e. The van der Waals surface area contributed by atoms with Crippen LogP contribution in [0.15, 0.2) is 39.7 Å². The molecule has 140 valence electrons. The Morgan fingerprint density at radius 3 is 2.54 bits per heavy atom. The van der Waals surface area contributed by atoms with E-state index in [1.165, 1.54) is 4.57 Å². The maximum Gasteiger partial charge on any atom is 0.419 e. The number of aromatic nitrogens is 1. The Morgan fingerprint density at radius 2 is 1.85 bits per heavy atom. The van der Waals surface area contributed by atoms with Gasteiger partial charge in [0.2, 0.25) is 5.91 Å². The second-order valence-corrected chi connectivity index (χ2v) is 6.85. The number of likely N-dealkylation sites (N-methyl/N-ethyl adjacent to an activating group) is 1. The highest BCUT2D eigenvalue weighted by atomic mass is 16.4. The highest BCUT2D eigenvalue weighted by Crippen LogP contribution is 2.18. The van der Waals surface area contributed by atoms with Gasteiger partial charge >= 0.3 is 5.76 Å². The van der Waals surface area contributed by atoms with Crippen molar-refractivity contribution in [1.82, 2.24) is 19.7 Å². The summed E-state index contributed by atoms with van der Waals surface area (Å²) in [6, 6.07) is 7.71. The van der Waals surface area contributed by atoms with Crippen LogP contribution in [0.3, 0.4) is 0 Å². The van der Waals surface area contributed by atoms with E-state index in [-0.39, 0.29) is 12.5 Å². The lowest BCUT2D eigenvalue weighted by Crippen LogP contribution is -2.47. The largest absolute Gasteiger partial charge is 0.419 e. The molecule has 1 N–H and O–H groups in total. The first-order valence-corrected chi connectivity index (χ1v) is 8.96. The molecule has 0 radical (unpaired) electrons. The molecule has 26 heavy (non-hydrogen) atoms. The van der Waals surface area contributed by atoms with Crippen LogP contribution in [0.1, 0.15) is 5.56 Å². The zero-order valence-corrected chi connectivity index (χ0v) is 15.4. The SMILES string of the molecule is Cc1ccc(-c2cn(CC(=O)NCCN3CCN(C)CC3)c(=O)o2)cc1. The number of carbonyl (C=O) groups is 1. The van der Waals surface area contributed by atoms with Crippen molar-refractivity contribution in [1.29, 1.82) is 0 Å². The van der Waals surface area contributed by atoms with Gasteiger partial charge < -0.3 is 14.6 Å². The summed E-state index contributed by atoms with van der Waals surface area (Å²) in [5.41, 5.74) is 1.96. The van der Waals surface area contributed by atoms with E-state index in [9.17, 15) is 9.59 Å². The molecule has 0 bridgehead atoms. The molecule has 0 atom stereocenters. The van der Waals surface area contributed by atoms with Gasteiger partial charge in [0, 0.05) is 44.8 Å². The van der Waals surface area contributed by atoms with Crippen molar-refractivity contribution < 1.29 is 9.21 Å². The Balaban J connectivity index is 1.50. The molecule has 2 aromatic rings. The Hall–Kier alpha value is -2.38. The third kappa shape index (κ3) is 4.83. The Morgan fingerprint density at radius 1 is 1.15 bits per heavy atom. The van der Waals surface area contributed by atoms with Crippen LogP contribution in [0.4, 0.5) is 0 Å². The van der Waals surface area contributed by atoms with Crippen LogP contribution in [0, 0.1) is 6.92 Å². The van der Waals surface area contributed by atoms with Crippen molar-refractivity contribution >= 4 is 5.91 Å². The molecule has 1 aromatic heterocycles. The van der Waals surface area contributed by atoms with E-state index in [1.54, 1.807) is 6.20 Å². The van der Waals surface area contributed by atoms with E-state index in [2.05, 4.69) is 22.2 Å². The van der Waals surface area contributed by atoms with Gasteiger partial charge in [-0.1, -0.05) is 29.8 Å². The maximum atomic E-state index is 12.1. The molecule has 1 fully saturated rings. The first-order chi connectivity index (χ1) is 12.5. The summed E-state index contributed by atoms with van der Waals surface area (Å²) in [4.78, 5) is 28.7. The fraction of sp³-hybridized carbons (Fsp3) is 0.474. The normalized spacial score (nSPS) is 15.9. The first kappa shape index (κ1) is 18.4. The number of rotatable bonds is 6. The Kier molecular flexibility index (Phi) is 5.90. The summed E-state index contributed by atoms with van der Waals surface area (Å²) in [5.74, 6) is -0.229. The Labute approximate surface area is 153 Å². The summed E-state index contributed by atoms with van der Waals surface area (Å²) in [6.45, 7) is 7.53. The number of aryl methyl sites for hydroxylation is 1. The molecule has 0 unspecified atom stereocenters. The third-order valence-electron chi connectivity index (χ3n) is 4.70. The van der Waals surface area contributed by atoms with E-state index >= 15 is 0 Å². The van der Waals surface area contributed by atoms with Crippen molar-refractivity contribution in [3.8, 4) is 11.3 Å². The summed E-state index contributed by atoms with van der Waals surface area (Å²) >= 11 is 0. The molecule has 1 aromatic carbocycles. The number of carbonyl (C=O) groups excluding carboxylic acids is 1. The van der Waals surface area contributed by atoms with Gasteiger partial charge in [0.1, 0.15) is 6.54 Å². The van der Waals surface area contributed by atoms with Gasteiger partial charge in [-0.05, 0) is 14.0 Å². The van der Waals surface area contributed by atoms with Crippen LogP contribution in [-0.2, 0) is 11.3 Å². The Bertz CT molecular complexity index is 786. The van der Waals surface area contributed by atoms with Gasteiger partial charge in [-0.3, -0.25) is 14.3 Å². The average molecular weight is 358 g/mol. The first-order valence-electron chi connectivity index (χ1n) is 8.96. The fourth-order valence-corrected chi connectivity index (χ4v) is 2.97. The van der Waals surface area contributed by atoms with Gasteiger partial charge in [0.15, 0.2) is 5.76 Å². The van der Waals surface area contributed by atoms with Crippen molar-refractivity contribution in [2.45, 2.75) is 13.5 Å². The zero-order chi connectivity index (χ0) is 18.5. The average Bonchev–Trinajstić information content (AvgIpc) is 2.98. The summed E-state index contributed by atoms with van der Waals surface area (Å²) < 4.78 is 6.57. The minimum Gasteiger partial charge on any atom is -0.408 e. The lowest BCUT2D eigenvalue weighted by molar-refractivity contribution is -0.121. The van der Waals surface area contributed by atoms with Crippen molar-refractivity contribution in [3.63, 3.8) is 0 Å². The maximum absolute atomic E-state index is 12.1. The van der Waals surface area contributed by atoms with Gasteiger partial charge in [0.05, 0.1) is 6.20 Å². The lowest BCUT2D eigenvalue weighted by Gasteiger charge is -2.32. The second-order valence-electron chi connectivity index (χ2n) is 6.85. The molecule has 7 heteroatoms. The predicted octanol–water partition coefficient (Wildman–Crippen LogP) is 0.780. The lowest BCUT2D eigenvalue weighted by atomic mass is 10.1. The van der Waals surface area contributed by atoms with Crippen molar-refractivity contribution in [2.75, 3.05) is 46.3 Å². The monoisotopic (exact) mass is 358 g/mol. The van der Waals surface area contributed by atoms with Gasteiger partial charge in [-0.15, -0.1) is 0 Å². The van der Waals surface area contributed by atoms with E-state index in [1.807, 2.05) is 31.2 Å². The van der Waals surface area contributed by atoms with Gasteiger partial charge in [0.25, 0.3) is 0 Å². The molecule has 7 nitrogen and oxygen atoms in total. The van der Waals surface area contributed by atoms with Gasteiger partial charge in [-0.25, -0.2) is 4.79 Å². The molecule has 1 aliphatic heterocycles. The molecule has 0 saturated carbocycles. The summed E-state index contributed by atoms with van der Waals surface area (Å²) in [5, 5.41) is 2.88. The van der Waals surface area contributed by atoms with Crippen LogP contribution < -0.4 is 11.1 Å². The van der Waals surface area contributed by atoms with E-state index < -0.39 is 5.76 Å². The molecule has 1 aliphatic rings. The van der Waals surface area contributed by atoms with Crippen LogP contribution in [0.5, 0.6) is 0 Å². The minimum absolute atomic E-state index is 0.0308. The molecule has 0 spiro atoms. The summed E-state index contributed by atoms with van der Waals surface area (Å²) in [6.07, 6.45) is 1.59. The number of amides is 1. The molecular formula is C19H26N4O3. The number of benzene rings is 1. The topological polar surface area (TPSA) is 70.7 Å². The number of hydrogen-bond donors (Lipinski definition) is 1. The number of nitrogens with zero attached hydrogens (tertiary/aromatic N) is 3. The molecular weight excluding hydrogens is 332 g/mol. The second kappa shape index (κ2) is 8.33. The zero-order valence-electron chi connectivity index (χ0n) is 15.4. The van der Waals surface area contributed by atoms with Crippen LogP contribution in [0.2, 0.25) is 0 Å². The quantitative estimate of drug-likeness (QED) is 0.826. The third-order valence-corrected chi connectivity index (χ3v) is 4.70.